The SMILES string of the molecule is CS(=O)(=O)N1CCCN(C(=O)c2cnc3ccccc3c2C(F)(F)F)CC1. The molecule has 10 heteroatoms. The lowest BCUT2D eigenvalue weighted by Crippen LogP contribution is -2.37. The van der Waals surface area contributed by atoms with Crippen molar-refractivity contribution in [3.63, 3.8) is 0 Å². The van der Waals surface area contributed by atoms with E-state index in [-0.39, 0.29) is 37.1 Å². The molecule has 0 spiro atoms. The van der Waals surface area contributed by atoms with E-state index in [9.17, 15) is 26.4 Å². The van der Waals surface area contributed by atoms with Crippen LogP contribution >= 0.6 is 0 Å². The van der Waals surface area contributed by atoms with E-state index in [1.54, 1.807) is 6.07 Å². The Hall–Kier alpha value is -2.20. The second-order valence-corrected chi connectivity index (χ2v) is 8.35. The highest BCUT2D eigenvalue weighted by molar-refractivity contribution is 7.88. The largest absolute Gasteiger partial charge is 0.417 e. The Morgan fingerprint density at radius 3 is 2.48 bits per heavy atom. The van der Waals surface area contributed by atoms with Gasteiger partial charge < -0.3 is 4.90 Å². The van der Waals surface area contributed by atoms with E-state index in [2.05, 4.69) is 4.98 Å². The van der Waals surface area contributed by atoms with Crippen LogP contribution in [0, 0.1) is 0 Å². The van der Waals surface area contributed by atoms with E-state index in [1.165, 1.54) is 27.4 Å². The number of carbonyl (C=O) groups is 1. The molecule has 0 atom stereocenters. The number of nitrogens with zero attached hydrogens (tertiary/aromatic N) is 3. The zero-order chi connectivity index (χ0) is 19.8. The Labute approximate surface area is 154 Å². The second-order valence-electron chi connectivity index (χ2n) is 6.37. The lowest BCUT2D eigenvalue weighted by atomic mass is 10.0. The van der Waals surface area contributed by atoms with E-state index in [1.807, 2.05) is 0 Å². The van der Waals surface area contributed by atoms with Crippen LogP contribution in [-0.2, 0) is 16.2 Å². The normalized spacial score (nSPS) is 17.1. The van der Waals surface area contributed by atoms with E-state index >= 15 is 0 Å². The smallest absolute Gasteiger partial charge is 0.337 e. The molecule has 146 valence electrons. The van der Waals surface area contributed by atoms with Crippen molar-refractivity contribution in [1.29, 1.82) is 0 Å². The van der Waals surface area contributed by atoms with Gasteiger partial charge >= 0.3 is 6.18 Å². The maximum atomic E-state index is 13.7. The second kappa shape index (κ2) is 7.08. The topological polar surface area (TPSA) is 70.6 Å². The number of para-hydroxylation sites is 1. The summed E-state index contributed by atoms with van der Waals surface area (Å²) in [7, 11) is -3.42. The van der Waals surface area contributed by atoms with Crippen LogP contribution in [0.5, 0.6) is 0 Å². The quantitative estimate of drug-likeness (QED) is 0.775. The number of pyridine rings is 1. The number of sulfonamides is 1. The van der Waals surface area contributed by atoms with Crippen molar-refractivity contribution < 1.29 is 26.4 Å². The maximum Gasteiger partial charge on any atom is 0.417 e. The predicted molar refractivity (Wildman–Crippen MR) is 93.7 cm³/mol. The highest BCUT2D eigenvalue weighted by Gasteiger charge is 2.39. The fraction of sp³-hybridized carbons (Fsp3) is 0.412. The summed E-state index contributed by atoms with van der Waals surface area (Å²) >= 11 is 0. The highest BCUT2D eigenvalue weighted by atomic mass is 32.2. The molecule has 1 aliphatic heterocycles. The Morgan fingerprint density at radius 2 is 1.81 bits per heavy atom. The van der Waals surface area contributed by atoms with Crippen LogP contribution in [0.2, 0.25) is 0 Å². The number of carbonyl (C=O) groups excluding carboxylic acids is 1. The number of benzene rings is 1. The number of amides is 1. The van der Waals surface area contributed by atoms with Gasteiger partial charge in [-0.3, -0.25) is 9.78 Å². The van der Waals surface area contributed by atoms with Gasteiger partial charge in [0.25, 0.3) is 5.91 Å². The average Bonchev–Trinajstić information content (AvgIpc) is 2.85. The minimum atomic E-state index is -4.72. The van der Waals surface area contributed by atoms with Crippen LogP contribution in [0.25, 0.3) is 10.9 Å². The molecule has 0 radical (unpaired) electrons. The van der Waals surface area contributed by atoms with E-state index in [4.69, 9.17) is 0 Å². The van der Waals surface area contributed by atoms with Gasteiger partial charge in [0.15, 0.2) is 0 Å². The first-order chi connectivity index (χ1) is 12.6. The lowest BCUT2D eigenvalue weighted by molar-refractivity contribution is -0.136. The number of hydrogen-bond acceptors (Lipinski definition) is 4. The molecule has 2 heterocycles. The summed E-state index contributed by atoms with van der Waals surface area (Å²) in [6, 6.07) is 5.78. The summed E-state index contributed by atoms with van der Waals surface area (Å²) in [5.41, 5.74) is -1.38. The van der Waals surface area contributed by atoms with Crippen molar-refractivity contribution in [2.75, 3.05) is 32.4 Å². The van der Waals surface area contributed by atoms with E-state index in [0.717, 1.165) is 12.5 Å². The molecule has 1 fully saturated rings. The first-order valence-corrected chi connectivity index (χ1v) is 10.1. The molecule has 2 aromatic rings. The molecular weight excluding hydrogens is 383 g/mol. The Morgan fingerprint density at radius 1 is 1.11 bits per heavy atom. The number of fused-ring (bicyclic) bond motifs is 1. The maximum absolute atomic E-state index is 13.7. The summed E-state index contributed by atoms with van der Waals surface area (Å²) in [5, 5.41) is -0.136. The molecule has 1 amide bonds. The minimum Gasteiger partial charge on any atom is -0.337 e. The van der Waals surface area contributed by atoms with Gasteiger partial charge in [0.2, 0.25) is 10.0 Å². The van der Waals surface area contributed by atoms with Gasteiger partial charge in [0.1, 0.15) is 0 Å². The summed E-state index contributed by atoms with van der Waals surface area (Å²) in [5.74, 6) is -0.795. The molecule has 0 bridgehead atoms. The number of aromatic nitrogens is 1. The zero-order valence-corrected chi connectivity index (χ0v) is 15.3. The minimum absolute atomic E-state index is 0.0238. The Balaban J connectivity index is 1.99. The molecule has 1 aliphatic rings. The fourth-order valence-corrected chi connectivity index (χ4v) is 4.08. The monoisotopic (exact) mass is 401 g/mol. The standard InChI is InChI=1S/C17H18F3N3O3S/c1-27(25,26)23-8-4-7-22(9-10-23)16(24)13-11-21-14-6-3-2-5-12(14)15(13)17(18,19)20/h2-3,5-6,11H,4,7-10H2,1H3. The number of alkyl halides is 3. The number of rotatable bonds is 2. The Kier molecular flexibility index (Phi) is 5.13. The van der Waals surface area contributed by atoms with Crippen molar-refractivity contribution in [2.24, 2.45) is 0 Å². The van der Waals surface area contributed by atoms with Crippen molar-refractivity contribution in [2.45, 2.75) is 12.6 Å². The van der Waals surface area contributed by atoms with Crippen molar-refractivity contribution in [3.05, 3.63) is 41.6 Å². The molecule has 0 unspecified atom stereocenters. The Bertz CT molecular complexity index is 976. The van der Waals surface area contributed by atoms with Crippen LogP contribution in [0.4, 0.5) is 13.2 Å². The molecule has 3 rings (SSSR count). The van der Waals surface area contributed by atoms with Gasteiger partial charge in [0.05, 0.1) is 22.9 Å². The third kappa shape index (κ3) is 4.06. The van der Waals surface area contributed by atoms with Crippen molar-refractivity contribution >= 4 is 26.8 Å². The first kappa shape index (κ1) is 19.6. The molecule has 1 aromatic carbocycles. The van der Waals surface area contributed by atoms with Gasteiger partial charge in [-0.25, -0.2) is 12.7 Å². The molecule has 27 heavy (non-hydrogen) atoms. The molecule has 0 N–H and O–H groups in total. The summed E-state index contributed by atoms with van der Waals surface area (Å²) in [6.07, 6.45) is -2.36. The fourth-order valence-electron chi connectivity index (χ4n) is 3.21. The highest BCUT2D eigenvalue weighted by Crippen LogP contribution is 2.37. The molecule has 1 aromatic heterocycles. The van der Waals surface area contributed by atoms with Crippen LogP contribution < -0.4 is 0 Å². The molecular formula is C17H18F3N3O3S. The van der Waals surface area contributed by atoms with Gasteiger partial charge in [-0.1, -0.05) is 18.2 Å². The van der Waals surface area contributed by atoms with Crippen LogP contribution in [0.3, 0.4) is 0 Å². The lowest BCUT2D eigenvalue weighted by Gasteiger charge is -2.23. The third-order valence-corrected chi connectivity index (χ3v) is 5.80. The van der Waals surface area contributed by atoms with Crippen LogP contribution in [0.15, 0.2) is 30.5 Å². The van der Waals surface area contributed by atoms with Gasteiger partial charge in [-0.15, -0.1) is 0 Å². The van der Waals surface area contributed by atoms with E-state index in [0.29, 0.717) is 6.42 Å². The van der Waals surface area contributed by atoms with Crippen LogP contribution in [-0.4, -0.2) is 60.9 Å². The van der Waals surface area contributed by atoms with E-state index < -0.39 is 33.2 Å². The van der Waals surface area contributed by atoms with Gasteiger partial charge in [-0.2, -0.15) is 13.2 Å². The summed E-state index contributed by atoms with van der Waals surface area (Å²) in [6.45, 7) is 0.475. The zero-order valence-electron chi connectivity index (χ0n) is 14.5. The van der Waals surface area contributed by atoms with Gasteiger partial charge in [0, 0.05) is 37.8 Å². The summed E-state index contributed by atoms with van der Waals surface area (Å²) < 4.78 is 65.7. The van der Waals surface area contributed by atoms with Gasteiger partial charge in [-0.05, 0) is 12.5 Å². The van der Waals surface area contributed by atoms with Crippen molar-refractivity contribution in [3.8, 4) is 0 Å². The van der Waals surface area contributed by atoms with Crippen molar-refractivity contribution in [1.82, 2.24) is 14.2 Å². The molecule has 1 saturated heterocycles. The molecule has 0 saturated carbocycles. The van der Waals surface area contributed by atoms with Crippen LogP contribution in [0.1, 0.15) is 22.3 Å². The predicted octanol–water partition coefficient (Wildman–Crippen LogP) is 2.36. The molecule has 6 nitrogen and oxygen atoms in total. The summed E-state index contributed by atoms with van der Waals surface area (Å²) in [4.78, 5) is 18.1. The third-order valence-electron chi connectivity index (χ3n) is 4.50. The average molecular weight is 401 g/mol. The molecule has 0 aliphatic carbocycles. The first-order valence-electron chi connectivity index (χ1n) is 8.28. The number of halogens is 3. The number of hydrogen-bond donors (Lipinski definition) is 0.